The monoisotopic (exact) mass is 544 g/mol. The summed E-state index contributed by atoms with van der Waals surface area (Å²) in [5.74, 6) is 2.22. The van der Waals surface area contributed by atoms with Gasteiger partial charge in [-0.3, -0.25) is 4.99 Å². The molecular weight excluding hydrogens is 511 g/mol. The highest BCUT2D eigenvalue weighted by atomic mass is 127. The molecule has 1 aliphatic heterocycles. The van der Waals surface area contributed by atoms with E-state index in [0.717, 1.165) is 61.3 Å². The SMILES string of the molecule is CCc1cnc(CCNC(=NC)NCc2ccc(C)cc2OCC2CCOC2)s1.I. The third-order valence-electron chi connectivity index (χ3n) is 4.97. The maximum atomic E-state index is 6.13. The highest BCUT2D eigenvalue weighted by molar-refractivity contribution is 14.0. The Hall–Kier alpha value is -1.39. The number of guanidine groups is 1. The Labute approximate surface area is 200 Å². The molecule has 0 radical (unpaired) electrons. The molecule has 1 aromatic heterocycles. The van der Waals surface area contributed by atoms with Gasteiger partial charge < -0.3 is 20.1 Å². The average Bonchev–Trinajstić information content (AvgIpc) is 3.41. The molecule has 3 rings (SSSR count). The fourth-order valence-electron chi connectivity index (χ4n) is 3.18. The average molecular weight is 545 g/mol. The van der Waals surface area contributed by atoms with E-state index in [4.69, 9.17) is 9.47 Å². The van der Waals surface area contributed by atoms with Crippen LogP contribution in [0.3, 0.4) is 0 Å². The number of aromatic nitrogens is 1. The van der Waals surface area contributed by atoms with E-state index >= 15 is 0 Å². The van der Waals surface area contributed by atoms with Crippen LogP contribution in [0, 0.1) is 12.8 Å². The fourth-order valence-corrected chi connectivity index (χ4v) is 4.04. The van der Waals surface area contributed by atoms with Crippen molar-refractivity contribution in [3.8, 4) is 5.75 Å². The van der Waals surface area contributed by atoms with Crippen LogP contribution in [0.15, 0.2) is 29.4 Å². The number of halogens is 1. The molecule has 1 aliphatic rings. The largest absolute Gasteiger partial charge is 0.493 e. The quantitative estimate of drug-likeness (QED) is 0.284. The third kappa shape index (κ3) is 7.70. The molecule has 1 atom stereocenters. The molecular formula is C22H33IN4O2S. The first kappa shape index (κ1) is 24.9. The molecule has 0 amide bonds. The normalized spacial score (nSPS) is 16.2. The molecule has 1 unspecified atom stereocenters. The zero-order chi connectivity index (χ0) is 20.5. The van der Waals surface area contributed by atoms with Gasteiger partial charge in [0.15, 0.2) is 5.96 Å². The lowest BCUT2D eigenvalue weighted by molar-refractivity contribution is 0.166. The van der Waals surface area contributed by atoms with Crippen molar-refractivity contribution in [2.75, 3.05) is 33.4 Å². The minimum Gasteiger partial charge on any atom is -0.493 e. The van der Waals surface area contributed by atoms with Gasteiger partial charge in [0, 0.05) is 55.7 Å². The van der Waals surface area contributed by atoms with E-state index in [0.29, 0.717) is 19.1 Å². The number of thiazole rings is 1. The van der Waals surface area contributed by atoms with Crippen molar-refractivity contribution in [2.45, 2.75) is 39.7 Å². The summed E-state index contributed by atoms with van der Waals surface area (Å²) in [6.07, 6.45) is 5.00. The van der Waals surface area contributed by atoms with Gasteiger partial charge in [-0.05, 0) is 31.4 Å². The van der Waals surface area contributed by atoms with Gasteiger partial charge in [-0.25, -0.2) is 4.98 Å². The van der Waals surface area contributed by atoms with Crippen LogP contribution in [0.25, 0.3) is 0 Å². The molecule has 0 aliphatic carbocycles. The molecule has 1 aromatic carbocycles. The van der Waals surface area contributed by atoms with Gasteiger partial charge in [-0.1, -0.05) is 19.1 Å². The summed E-state index contributed by atoms with van der Waals surface area (Å²) in [6, 6.07) is 6.35. The lowest BCUT2D eigenvalue weighted by atomic mass is 10.1. The molecule has 1 saturated heterocycles. The number of hydrogen-bond acceptors (Lipinski definition) is 5. The summed E-state index contributed by atoms with van der Waals surface area (Å²) in [4.78, 5) is 10.1. The molecule has 6 nitrogen and oxygen atoms in total. The van der Waals surface area contributed by atoms with E-state index < -0.39 is 0 Å². The Balaban J connectivity index is 0.00000320. The Bertz CT molecular complexity index is 806. The standard InChI is InChI=1S/C22H32N4O2S.HI/c1-4-19-13-25-21(29-19)7-9-24-22(23-3)26-12-18-6-5-16(2)11-20(18)28-15-17-8-10-27-14-17;/h5-6,11,13,17H,4,7-10,12,14-15H2,1-3H3,(H2,23,24,26);1H. The minimum atomic E-state index is 0. The van der Waals surface area contributed by atoms with Crippen molar-refractivity contribution in [1.29, 1.82) is 0 Å². The maximum Gasteiger partial charge on any atom is 0.191 e. The molecule has 2 N–H and O–H groups in total. The van der Waals surface area contributed by atoms with Crippen molar-refractivity contribution < 1.29 is 9.47 Å². The van der Waals surface area contributed by atoms with E-state index in [1.807, 2.05) is 6.20 Å². The molecule has 166 valence electrons. The van der Waals surface area contributed by atoms with E-state index in [2.05, 4.69) is 52.7 Å². The summed E-state index contributed by atoms with van der Waals surface area (Å²) in [6.45, 7) is 8.06. The lowest BCUT2D eigenvalue weighted by Gasteiger charge is -2.17. The lowest BCUT2D eigenvalue weighted by Crippen LogP contribution is -2.38. The number of benzene rings is 1. The Morgan fingerprint density at radius 1 is 1.37 bits per heavy atom. The van der Waals surface area contributed by atoms with Crippen LogP contribution in [0.5, 0.6) is 5.75 Å². The van der Waals surface area contributed by atoms with Gasteiger partial charge in [0.2, 0.25) is 0 Å². The molecule has 30 heavy (non-hydrogen) atoms. The topological polar surface area (TPSA) is 67.8 Å². The first-order valence-corrected chi connectivity index (χ1v) is 11.2. The van der Waals surface area contributed by atoms with Crippen molar-refractivity contribution in [1.82, 2.24) is 15.6 Å². The molecule has 8 heteroatoms. The van der Waals surface area contributed by atoms with Gasteiger partial charge >= 0.3 is 0 Å². The Morgan fingerprint density at radius 2 is 2.23 bits per heavy atom. The Kier molecular flexibility index (Phi) is 10.9. The van der Waals surface area contributed by atoms with Gasteiger partial charge in [0.05, 0.1) is 18.2 Å². The second kappa shape index (κ2) is 13.1. The minimum absolute atomic E-state index is 0. The molecule has 0 spiro atoms. The smallest absolute Gasteiger partial charge is 0.191 e. The van der Waals surface area contributed by atoms with Gasteiger partial charge in [0.25, 0.3) is 0 Å². The zero-order valence-electron chi connectivity index (χ0n) is 18.1. The van der Waals surface area contributed by atoms with Crippen LogP contribution in [0.2, 0.25) is 0 Å². The second-order valence-corrected chi connectivity index (χ2v) is 8.53. The van der Waals surface area contributed by atoms with Gasteiger partial charge in [-0.2, -0.15) is 0 Å². The van der Waals surface area contributed by atoms with Crippen molar-refractivity contribution in [3.63, 3.8) is 0 Å². The number of nitrogens with one attached hydrogen (secondary N) is 2. The van der Waals surface area contributed by atoms with Gasteiger partial charge in [-0.15, -0.1) is 35.3 Å². The van der Waals surface area contributed by atoms with Crippen LogP contribution in [0.4, 0.5) is 0 Å². The summed E-state index contributed by atoms with van der Waals surface area (Å²) >= 11 is 1.78. The molecule has 2 heterocycles. The van der Waals surface area contributed by atoms with Crippen LogP contribution < -0.4 is 15.4 Å². The van der Waals surface area contributed by atoms with Crippen LogP contribution in [-0.2, 0) is 24.1 Å². The van der Waals surface area contributed by atoms with E-state index in [1.165, 1.54) is 10.4 Å². The number of rotatable bonds is 9. The van der Waals surface area contributed by atoms with Crippen LogP contribution in [0.1, 0.15) is 34.4 Å². The number of aryl methyl sites for hydroxylation is 2. The predicted octanol–water partition coefficient (Wildman–Crippen LogP) is 3.95. The molecule has 1 fully saturated rings. The summed E-state index contributed by atoms with van der Waals surface area (Å²) in [5, 5.41) is 7.93. The maximum absolute atomic E-state index is 6.13. The highest BCUT2D eigenvalue weighted by Gasteiger charge is 2.17. The second-order valence-electron chi connectivity index (χ2n) is 7.33. The van der Waals surface area contributed by atoms with Crippen molar-refractivity contribution >= 4 is 41.3 Å². The molecule has 2 aromatic rings. The number of ether oxygens (including phenoxy) is 2. The summed E-state index contributed by atoms with van der Waals surface area (Å²) in [5.41, 5.74) is 2.33. The molecule has 0 bridgehead atoms. The van der Waals surface area contributed by atoms with E-state index in [-0.39, 0.29) is 24.0 Å². The highest BCUT2D eigenvalue weighted by Crippen LogP contribution is 2.22. The van der Waals surface area contributed by atoms with Gasteiger partial charge in [0.1, 0.15) is 5.75 Å². The number of nitrogens with zero attached hydrogens (tertiary/aromatic N) is 2. The van der Waals surface area contributed by atoms with Crippen molar-refractivity contribution in [3.05, 3.63) is 45.4 Å². The van der Waals surface area contributed by atoms with E-state index in [1.54, 1.807) is 18.4 Å². The third-order valence-corrected chi connectivity index (χ3v) is 6.17. The predicted molar refractivity (Wildman–Crippen MR) is 134 cm³/mol. The molecule has 0 saturated carbocycles. The summed E-state index contributed by atoms with van der Waals surface area (Å²) < 4.78 is 11.6. The van der Waals surface area contributed by atoms with Crippen molar-refractivity contribution in [2.24, 2.45) is 10.9 Å². The first-order valence-electron chi connectivity index (χ1n) is 10.4. The van der Waals surface area contributed by atoms with E-state index in [9.17, 15) is 0 Å². The first-order chi connectivity index (χ1) is 14.2. The van der Waals surface area contributed by atoms with Crippen LogP contribution >= 0.6 is 35.3 Å². The fraction of sp³-hybridized carbons (Fsp3) is 0.545. The number of aliphatic imine (C=N–C) groups is 1. The zero-order valence-corrected chi connectivity index (χ0v) is 21.2. The number of hydrogen-bond donors (Lipinski definition) is 2. The van der Waals surface area contributed by atoms with Crippen LogP contribution in [-0.4, -0.2) is 44.4 Å². The Morgan fingerprint density at radius 3 is 2.93 bits per heavy atom. The summed E-state index contributed by atoms with van der Waals surface area (Å²) in [7, 11) is 1.79.